The van der Waals surface area contributed by atoms with Crippen LogP contribution in [0.4, 0.5) is 0 Å². The molecule has 0 spiro atoms. The number of hydrogen-bond acceptors (Lipinski definition) is 4. The third kappa shape index (κ3) is 2.75. The van der Waals surface area contributed by atoms with E-state index in [-0.39, 0.29) is 5.78 Å². The molecule has 0 bridgehead atoms. The van der Waals surface area contributed by atoms with E-state index in [0.717, 1.165) is 38.9 Å². The van der Waals surface area contributed by atoms with Gasteiger partial charge in [-0.2, -0.15) is 0 Å². The van der Waals surface area contributed by atoms with Crippen molar-refractivity contribution >= 4 is 27.6 Å². The van der Waals surface area contributed by atoms with Crippen molar-refractivity contribution in [1.29, 1.82) is 0 Å². The predicted octanol–water partition coefficient (Wildman–Crippen LogP) is 3.57. The molecule has 3 aromatic carbocycles. The van der Waals surface area contributed by atoms with Crippen LogP contribution in [-0.4, -0.2) is 34.6 Å². The summed E-state index contributed by atoms with van der Waals surface area (Å²) < 4.78 is 5.25. The van der Waals surface area contributed by atoms with Crippen molar-refractivity contribution in [2.24, 2.45) is 0 Å². The monoisotopic (exact) mass is 332 g/mol. The average Bonchev–Trinajstić information content (AvgIpc) is 3.09. The van der Waals surface area contributed by atoms with Gasteiger partial charge in [0.1, 0.15) is 18.2 Å². The van der Waals surface area contributed by atoms with Crippen LogP contribution in [0.25, 0.3) is 33.2 Å². The molecule has 5 nitrogen and oxygen atoms in total. The zero-order valence-corrected chi connectivity index (χ0v) is 13.6. The molecule has 0 amide bonds. The van der Waals surface area contributed by atoms with Crippen LogP contribution in [0.3, 0.4) is 0 Å². The average molecular weight is 332 g/mol. The number of ether oxygens (including phenoxy) is 1. The van der Waals surface area contributed by atoms with E-state index in [2.05, 4.69) is 16.0 Å². The van der Waals surface area contributed by atoms with Gasteiger partial charge >= 0.3 is 0 Å². The Labute approximate surface area is 143 Å². The van der Waals surface area contributed by atoms with Crippen LogP contribution in [-0.2, 0) is 0 Å². The SMILES string of the molecule is COc1ccc2cc(-c3nc4ccc(C(=O)CO)cc4[nH]3)ccc2c1. The van der Waals surface area contributed by atoms with E-state index < -0.39 is 6.61 Å². The van der Waals surface area contributed by atoms with Crippen LogP contribution in [0, 0.1) is 0 Å². The van der Waals surface area contributed by atoms with E-state index in [0.29, 0.717) is 5.56 Å². The molecule has 0 fully saturated rings. The molecule has 0 aliphatic rings. The molecule has 2 N–H and O–H groups in total. The van der Waals surface area contributed by atoms with Gasteiger partial charge in [0.25, 0.3) is 0 Å². The second kappa shape index (κ2) is 6.03. The molecule has 0 radical (unpaired) electrons. The summed E-state index contributed by atoms with van der Waals surface area (Å²) >= 11 is 0. The van der Waals surface area contributed by atoms with Gasteiger partial charge in [0.15, 0.2) is 5.78 Å². The fourth-order valence-electron chi connectivity index (χ4n) is 2.91. The third-order valence-corrected chi connectivity index (χ3v) is 4.27. The van der Waals surface area contributed by atoms with Crippen molar-refractivity contribution < 1.29 is 14.6 Å². The summed E-state index contributed by atoms with van der Waals surface area (Å²) in [6.45, 7) is -0.499. The zero-order valence-electron chi connectivity index (χ0n) is 13.6. The number of methoxy groups -OCH3 is 1. The number of carbonyl (C=O) groups excluding carboxylic acids is 1. The van der Waals surface area contributed by atoms with Gasteiger partial charge < -0.3 is 14.8 Å². The van der Waals surface area contributed by atoms with Crippen molar-refractivity contribution in [3.63, 3.8) is 0 Å². The van der Waals surface area contributed by atoms with Crippen molar-refractivity contribution in [3.05, 3.63) is 60.2 Å². The van der Waals surface area contributed by atoms with Gasteiger partial charge in [-0.15, -0.1) is 0 Å². The molecule has 0 unspecified atom stereocenters. The van der Waals surface area contributed by atoms with Crippen molar-refractivity contribution in [1.82, 2.24) is 9.97 Å². The highest BCUT2D eigenvalue weighted by Gasteiger charge is 2.10. The van der Waals surface area contributed by atoms with Gasteiger partial charge in [-0.05, 0) is 47.2 Å². The molecule has 1 aromatic heterocycles. The number of aromatic nitrogens is 2. The first-order valence-electron chi connectivity index (χ1n) is 7.90. The molecule has 0 saturated carbocycles. The van der Waals surface area contributed by atoms with Gasteiger partial charge in [0, 0.05) is 11.1 Å². The van der Waals surface area contributed by atoms with Crippen molar-refractivity contribution in [3.8, 4) is 17.1 Å². The van der Waals surface area contributed by atoms with E-state index in [1.165, 1.54) is 0 Å². The minimum Gasteiger partial charge on any atom is -0.497 e. The Morgan fingerprint density at radius 1 is 1.08 bits per heavy atom. The number of nitrogens with zero attached hydrogens (tertiary/aromatic N) is 1. The van der Waals surface area contributed by atoms with Crippen molar-refractivity contribution in [2.75, 3.05) is 13.7 Å². The molecule has 4 rings (SSSR count). The predicted molar refractivity (Wildman–Crippen MR) is 97.0 cm³/mol. The smallest absolute Gasteiger partial charge is 0.188 e. The van der Waals surface area contributed by atoms with E-state index in [4.69, 9.17) is 9.84 Å². The van der Waals surface area contributed by atoms with Crippen LogP contribution < -0.4 is 4.74 Å². The number of benzene rings is 3. The van der Waals surface area contributed by atoms with Gasteiger partial charge in [-0.1, -0.05) is 18.2 Å². The number of aliphatic hydroxyl groups is 1. The normalized spacial score (nSPS) is 11.1. The Morgan fingerprint density at radius 2 is 1.88 bits per heavy atom. The van der Waals surface area contributed by atoms with E-state index in [1.54, 1.807) is 25.3 Å². The first-order chi connectivity index (χ1) is 12.2. The van der Waals surface area contributed by atoms with E-state index >= 15 is 0 Å². The molecule has 4 aromatic rings. The first kappa shape index (κ1) is 15.4. The topological polar surface area (TPSA) is 75.2 Å². The van der Waals surface area contributed by atoms with Crippen LogP contribution in [0.15, 0.2) is 54.6 Å². The Balaban J connectivity index is 1.78. The number of ketones is 1. The Hall–Kier alpha value is -3.18. The quantitative estimate of drug-likeness (QED) is 0.560. The molecule has 1 heterocycles. The molecular formula is C20H16N2O3. The number of hydrogen-bond donors (Lipinski definition) is 2. The lowest BCUT2D eigenvalue weighted by molar-refractivity contribution is 0.0904. The number of H-pyrrole nitrogens is 1. The van der Waals surface area contributed by atoms with Crippen LogP contribution >= 0.6 is 0 Å². The summed E-state index contributed by atoms with van der Waals surface area (Å²) in [4.78, 5) is 19.5. The van der Waals surface area contributed by atoms with Crippen LogP contribution in [0.5, 0.6) is 5.75 Å². The summed E-state index contributed by atoms with van der Waals surface area (Å²) in [5, 5.41) is 11.2. The number of fused-ring (bicyclic) bond motifs is 2. The Bertz CT molecular complexity index is 1100. The fourth-order valence-corrected chi connectivity index (χ4v) is 2.91. The van der Waals surface area contributed by atoms with Gasteiger partial charge in [0.05, 0.1) is 18.1 Å². The highest BCUT2D eigenvalue weighted by molar-refractivity contribution is 6.00. The maximum Gasteiger partial charge on any atom is 0.188 e. The fraction of sp³-hybridized carbons (Fsp3) is 0.100. The van der Waals surface area contributed by atoms with Crippen LogP contribution in [0.1, 0.15) is 10.4 Å². The maximum atomic E-state index is 11.6. The Morgan fingerprint density at radius 3 is 2.68 bits per heavy atom. The zero-order chi connectivity index (χ0) is 17.4. The molecule has 0 aliphatic carbocycles. The number of Topliss-reactive ketones (excluding diaryl/α,β-unsaturated/α-hetero) is 1. The molecule has 124 valence electrons. The minimum atomic E-state index is -0.499. The standard InChI is InChI=1S/C20H16N2O3/c1-25-16-6-4-12-8-15(3-2-13(12)9-16)20-21-17-7-5-14(19(24)11-23)10-18(17)22-20/h2-10,23H,11H2,1H3,(H,21,22). The largest absolute Gasteiger partial charge is 0.497 e. The Kier molecular flexibility index (Phi) is 3.71. The number of nitrogens with one attached hydrogen (secondary N) is 1. The van der Waals surface area contributed by atoms with Gasteiger partial charge in [-0.25, -0.2) is 4.98 Å². The molecule has 0 saturated heterocycles. The lowest BCUT2D eigenvalue weighted by Gasteiger charge is -2.04. The molecule has 25 heavy (non-hydrogen) atoms. The lowest BCUT2D eigenvalue weighted by atomic mass is 10.1. The minimum absolute atomic E-state index is 0.308. The summed E-state index contributed by atoms with van der Waals surface area (Å²) in [5.41, 5.74) is 2.98. The highest BCUT2D eigenvalue weighted by Crippen LogP contribution is 2.27. The van der Waals surface area contributed by atoms with E-state index in [9.17, 15) is 4.79 Å². The number of imidazole rings is 1. The number of aliphatic hydroxyl groups excluding tert-OH is 1. The summed E-state index contributed by atoms with van der Waals surface area (Å²) in [7, 11) is 1.65. The van der Waals surface area contributed by atoms with E-state index in [1.807, 2.05) is 30.3 Å². The second-order valence-electron chi connectivity index (χ2n) is 5.83. The summed E-state index contributed by atoms with van der Waals surface area (Å²) in [6, 6.07) is 17.2. The molecule has 5 heteroatoms. The number of aromatic amines is 1. The second-order valence-corrected chi connectivity index (χ2v) is 5.83. The van der Waals surface area contributed by atoms with Gasteiger partial charge in [0.2, 0.25) is 0 Å². The van der Waals surface area contributed by atoms with Crippen LogP contribution in [0.2, 0.25) is 0 Å². The number of carbonyl (C=O) groups is 1. The number of rotatable bonds is 4. The molecule has 0 atom stereocenters. The summed E-state index contributed by atoms with van der Waals surface area (Å²) in [5.74, 6) is 1.25. The summed E-state index contributed by atoms with van der Waals surface area (Å²) in [6.07, 6.45) is 0. The molecular weight excluding hydrogens is 316 g/mol. The van der Waals surface area contributed by atoms with Crippen molar-refractivity contribution in [2.45, 2.75) is 0 Å². The van der Waals surface area contributed by atoms with Gasteiger partial charge in [-0.3, -0.25) is 4.79 Å². The third-order valence-electron chi connectivity index (χ3n) is 4.27. The maximum absolute atomic E-state index is 11.6. The first-order valence-corrected chi connectivity index (χ1v) is 7.90. The molecule has 0 aliphatic heterocycles. The lowest BCUT2D eigenvalue weighted by Crippen LogP contribution is -2.03. The highest BCUT2D eigenvalue weighted by atomic mass is 16.5.